The molecule has 0 bridgehead atoms. The van der Waals surface area contributed by atoms with Gasteiger partial charge in [-0.15, -0.1) is 0 Å². The van der Waals surface area contributed by atoms with Crippen LogP contribution in [0.15, 0.2) is 18.2 Å². The van der Waals surface area contributed by atoms with E-state index in [9.17, 15) is 9.59 Å². The first-order valence-corrected chi connectivity index (χ1v) is 5.67. The summed E-state index contributed by atoms with van der Waals surface area (Å²) in [6.45, 7) is 1.76. The SMILES string of the molecule is CCC(Oc1ccc2c(c1)CCC2=O)C(=O)O. The van der Waals surface area contributed by atoms with Crippen molar-refractivity contribution in [3.8, 4) is 5.75 Å². The van der Waals surface area contributed by atoms with Gasteiger partial charge in [0.25, 0.3) is 0 Å². The molecule has 0 aliphatic heterocycles. The Bertz CT molecular complexity index is 464. The Morgan fingerprint density at radius 1 is 1.47 bits per heavy atom. The maximum Gasteiger partial charge on any atom is 0.344 e. The van der Waals surface area contributed by atoms with E-state index in [-0.39, 0.29) is 5.78 Å². The second-order valence-corrected chi connectivity index (χ2v) is 4.10. The molecule has 17 heavy (non-hydrogen) atoms. The highest BCUT2D eigenvalue weighted by atomic mass is 16.5. The summed E-state index contributed by atoms with van der Waals surface area (Å²) in [6, 6.07) is 5.15. The molecule has 0 saturated heterocycles. The zero-order valence-electron chi connectivity index (χ0n) is 9.60. The predicted octanol–water partition coefficient (Wildman–Crippen LogP) is 2.06. The van der Waals surface area contributed by atoms with Crippen molar-refractivity contribution in [1.82, 2.24) is 0 Å². The van der Waals surface area contributed by atoms with Gasteiger partial charge < -0.3 is 9.84 Å². The van der Waals surface area contributed by atoms with Crippen molar-refractivity contribution >= 4 is 11.8 Å². The van der Waals surface area contributed by atoms with Gasteiger partial charge in [0.1, 0.15) is 5.75 Å². The monoisotopic (exact) mass is 234 g/mol. The zero-order chi connectivity index (χ0) is 12.4. The molecule has 1 N–H and O–H groups in total. The number of Topliss-reactive ketones (excluding diaryl/α,β-unsaturated/α-hetero) is 1. The van der Waals surface area contributed by atoms with Gasteiger partial charge in [-0.3, -0.25) is 4.79 Å². The number of aliphatic carboxylic acids is 1. The van der Waals surface area contributed by atoms with E-state index in [1.165, 1.54) is 0 Å². The third-order valence-electron chi connectivity index (χ3n) is 2.92. The van der Waals surface area contributed by atoms with Crippen LogP contribution in [0.2, 0.25) is 0 Å². The van der Waals surface area contributed by atoms with Crippen molar-refractivity contribution < 1.29 is 19.4 Å². The normalized spacial score (nSPS) is 15.5. The average Bonchev–Trinajstić information content (AvgIpc) is 2.67. The van der Waals surface area contributed by atoms with Gasteiger partial charge in [-0.2, -0.15) is 0 Å². The number of ketones is 1. The summed E-state index contributed by atoms with van der Waals surface area (Å²) in [5, 5.41) is 8.89. The number of aryl methyl sites for hydroxylation is 1. The number of ether oxygens (including phenoxy) is 1. The first-order valence-electron chi connectivity index (χ1n) is 5.67. The van der Waals surface area contributed by atoms with E-state index < -0.39 is 12.1 Å². The molecule has 1 aromatic rings. The van der Waals surface area contributed by atoms with Crippen LogP contribution in [0.25, 0.3) is 0 Å². The molecule has 4 nitrogen and oxygen atoms in total. The molecule has 1 unspecified atom stereocenters. The molecule has 1 aliphatic rings. The Kier molecular flexibility index (Phi) is 3.13. The highest BCUT2D eigenvalue weighted by Crippen LogP contribution is 2.26. The number of rotatable bonds is 4. The molecule has 0 heterocycles. The van der Waals surface area contributed by atoms with Crippen molar-refractivity contribution in [1.29, 1.82) is 0 Å². The maximum absolute atomic E-state index is 11.4. The van der Waals surface area contributed by atoms with Crippen molar-refractivity contribution in [2.45, 2.75) is 32.3 Å². The van der Waals surface area contributed by atoms with Crippen LogP contribution in [0.4, 0.5) is 0 Å². The fraction of sp³-hybridized carbons (Fsp3) is 0.385. The second-order valence-electron chi connectivity index (χ2n) is 4.10. The lowest BCUT2D eigenvalue weighted by molar-refractivity contribution is -0.145. The summed E-state index contributed by atoms with van der Waals surface area (Å²) in [5.74, 6) is -0.298. The average molecular weight is 234 g/mol. The lowest BCUT2D eigenvalue weighted by Gasteiger charge is -2.13. The van der Waals surface area contributed by atoms with Crippen LogP contribution in [0, 0.1) is 0 Å². The van der Waals surface area contributed by atoms with E-state index in [0.717, 1.165) is 17.5 Å². The number of carboxylic acid groups (broad SMARTS) is 1. The van der Waals surface area contributed by atoms with Gasteiger partial charge >= 0.3 is 5.97 Å². The van der Waals surface area contributed by atoms with Crippen molar-refractivity contribution in [2.24, 2.45) is 0 Å². The van der Waals surface area contributed by atoms with Crippen LogP contribution < -0.4 is 4.74 Å². The minimum absolute atomic E-state index is 0.150. The second kappa shape index (κ2) is 4.57. The van der Waals surface area contributed by atoms with Crippen LogP contribution in [0.1, 0.15) is 35.7 Å². The number of hydrogen-bond donors (Lipinski definition) is 1. The molecule has 0 aromatic heterocycles. The summed E-state index contributed by atoms with van der Waals surface area (Å²) in [6.07, 6.45) is 0.834. The third-order valence-corrected chi connectivity index (χ3v) is 2.92. The summed E-state index contributed by atoms with van der Waals surface area (Å²) >= 11 is 0. The Morgan fingerprint density at radius 3 is 2.88 bits per heavy atom. The maximum atomic E-state index is 11.4. The molecule has 1 aromatic carbocycles. The molecule has 0 saturated carbocycles. The van der Waals surface area contributed by atoms with Crippen LogP contribution in [0.3, 0.4) is 0 Å². The summed E-state index contributed by atoms with van der Waals surface area (Å²) in [4.78, 5) is 22.3. The quantitative estimate of drug-likeness (QED) is 0.866. The van der Waals surface area contributed by atoms with Crippen molar-refractivity contribution in [2.75, 3.05) is 0 Å². The molecule has 0 fully saturated rings. The predicted molar refractivity (Wildman–Crippen MR) is 61.4 cm³/mol. The fourth-order valence-corrected chi connectivity index (χ4v) is 1.98. The molecule has 0 amide bonds. The molecule has 4 heteroatoms. The lowest BCUT2D eigenvalue weighted by atomic mass is 10.1. The third kappa shape index (κ3) is 2.30. The van der Waals surface area contributed by atoms with E-state index in [4.69, 9.17) is 9.84 Å². The fourth-order valence-electron chi connectivity index (χ4n) is 1.98. The Hall–Kier alpha value is -1.84. The summed E-state index contributed by atoms with van der Waals surface area (Å²) < 4.78 is 5.37. The van der Waals surface area contributed by atoms with E-state index in [2.05, 4.69) is 0 Å². The number of carbonyl (C=O) groups excluding carboxylic acids is 1. The van der Waals surface area contributed by atoms with Crippen molar-refractivity contribution in [3.05, 3.63) is 29.3 Å². The summed E-state index contributed by atoms with van der Waals surface area (Å²) in [5.41, 5.74) is 1.69. The largest absolute Gasteiger partial charge is 0.479 e. The number of hydrogen-bond acceptors (Lipinski definition) is 3. The molecular weight excluding hydrogens is 220 g/mol. The minimum Gasteiger partial charge on any atom is -0.479 e. The standard InChI is InChI=1S/C13H14O4/c1-2-12(13(15)16)17-9-4-5-10-8(7-9)3-6-11(10)14/h4-5,7,12H,2-3,6H2,1H3,(H,15,16). The first kappa shape index (κ1) is 11.6. The first-order chi connectivity index (χ1) is 8.11. The van der Waals surface area contributed by atoms with Gasteiger partial charge in [0, 0.05) is 12.0 Å². The minimum atomic E-state index is -0.968. The van der Waals surface area contributed by atoms with Crippen LogP contribution in [-0.4, -0.2) is 23.0 Å². The number of benzene rings is 1. The number of carboxylic acids is 1. The number of fused-ring (bicyclic) bond motifs is 1. The Labute approximate surface area is 99.2 Å². The van der Waals surface area contributed by atoms with E-state index in [1.807, 2.05) is 0 Å². The van der Waals surface area contributed by atoms with E-state index in [1.54, 1.807) is 25.1 Å². The molecule has 0 radical (unpaired) electrons. The molecule has 1 aliphatic carbocycles. The molecule has 0 spiro atoms. The van der Waals surface area contributed by atoms with E-state index in [0.29, 0.717) is 18.6 Å². The number of carbonyl (C=O) groups is 2. The summed E-state index contributed by atoms with van der Waals surface area (Å²) in [7, 11) is 0. The lowest BCUT2D eigenvalue weighted by Crippen LogP contribution is -2.25. The van der Waals surface area contributed by atoms with Crippen LogP contribution >= 0.6 is 0 Å². The van der Waals surface area contributed by atoms with Gasteiger partial charge in [0.2, 0.25) is 0 Å². The molecule has 1 atom stereocenters. The Morgan fingerprint density at radius 2 is 2.24 bits per heavy atom. The Balaban J connectivity index is 2.18. The smallest absolute Gasteiger partial charge is 0.344 e. The van der Waals surface area contributed by atoms with Gasteiger partial charge in [0.05, 0.1) is 0 Å². The topological polar surface area (TPSA) is 63.6 Å². The zero-order valence-corrected chi connectivity index (χ0v) is 9.60. The molecule has 2 rings (SSSR count). The molecular formula is C13H14O4. The van der Waals surface area contributed by atoms with Gasteiger partial charge in [-0.25, -0.2) is 4.79 Å². The highest BCUT2D eigenvalue weighted by Gasteiger charge is 2.21. The molecule has 90 valence electrons. The van der Waals surface area contributed by atoms with Crippen LogP contribution in [-0.2, 0) is 11.2 Å². The van der Waals surface area contributed by atoms with Gasteiger partial charge in [-0.1, -0.05) is 6.92 Å². The highest BCUT2D eigenvalue weighted by molar-refractivity contribution is 6.00. The van der Waals surface area contributed by atoms with E-state index >= 15 is 0 Å². The van der Waals surface area contributed by atoms with Crippen LogP contribution in [0.5, 0.6) is 5.75 Å². The van der Waals surface area contributed by atoms with Gasteiger partial charge in [-0.05, 0) is 36.6 Å². The van der Waals surface area contributed by atoms with Crippen molar-refractivity contribution in [3.63, 3.8) is 0 Å². The van der Waals surface area contributed by atoms with Gasteiger partial charge in [0.15, 0.2) is 11.9 Å².